The molecule has 0 N–H and O–H groups in total. The quantitative estimate of drug-likeness (QED) is 0.610. The maximum absolute atomic E-state index is 12.3. The van der Waals surface area contributed by atoms with E-state index in [9.17, 15) is 4.79 Å². The molecule has 1 amide bonds. The van der Waals surface area contributed by atoms with E-state index in [1.165, 1.54) is 29.7 Å². The number of alkyl halides is 1. The summed E-state index contributed by atoms with van der Waals surface area (Å²) in [5.74, 6) is 0.654. The third-order valence-electron chi connectivity index (χ3n) is 3.48. The molecule has 0 saturated carbocycles. The first-order valence-electron chi connectivity index (χ1n) is 6.73. The van der Waals surface area contributed by atoms with Crippen LogP contribution in [0.3, 0.4) is 0 Å². The fraction of sp³-hybridized carbons (Fsp3) is 0.643. The molecule has 0 radical (unpaired) electrons. The summed E-state index contributed by atoms with van der Waals surface area (Å²) in [5, 5.41) is 0. The summed E-state index contributed by atoms with van der Waals surface area (Å²) in [5.41, 5.74) is 1.41. The molecule has 0 aliphatic heterocycles. The second kappa shape index (κ2) is 6.58. The molecule has 1 aliphatic rings. The molecular formula is C14H20ClNOS. The van der Waals surface area contributed by atoms with Gasteiger partial charge in [0, 0.05) is 23.8 Å². The Morgan fingerprint density at radius 2 is 2.17 bits per heavy atom. The molecule has 0 spiro atoms. The summed E-state index contributed by atoms with van der Waals surface area (Å²) < 4.78 is 0. The number of carbonyl (C=O) groups excluding carboxylic acids is 1. The van der Waals surface area contributed by atoms with Gasteiger partial charge >= 0.3 is 0 Å². The van der Waals surface area contributed by atoms with Crippen molar-refractivity contribution in [1.82, 2.24) is 4.90 Å². The van der Waals surface area contributed by atoms with Crippen molar-refractivity contribution >= 4 is 28.8 Å². The van der Waals surface area contributed by atoms with E-state index < -0.39 is 0 Å². The number of amides is 1. The highest BCUT2D eigenvalue weighted by Crippen LogP contribution is 2.29. The summed E-state index contributed by atoms with van der Waals surface area (Å²) in [4.78, 5) is 16.5. The van der Waals surface area contributed by atoms with Gasteiger partial charge in [0.2, 0.25) is 0 Å². The first-order chi connectivity index (χ1) is 8.76. The van der Waals surface area contributed by atoms with Crippen molar-refractivity contribution in [3.63, 3.8) is 0 Å². The molecule has 0 aromatic carbocycles. The molecule has 0 bridgehead atoms. The van der Waals surface area contributed by atoms with Crippen molar-refractivity contribution < 1.29 is 4.79 Å². The van der Waals surface area contributed by atoms with Crippen LogP contribution >= 0.6 is 22.9 Å². The van der Waals surface area contributed by atoms with E-state index in [2.05, 4.69) is 6.07 Å². The zero-order chi connectivity index (χ0) is 13.0. The van der Waals surface area contributed by atoms with Gasteiger partial charge in [0.25, 0.3) is 5.91 Å². The highest BCUT2D eigenvalue weighted by molar-refractivity contribution is 7.14. The van der Waals surface area contributed by atoms with Crippen LogP contribution in [-0.4, -0.2) is 29.8 Å². The average molecular weight is 286 g/mol. The monoisotopic (exact) mass is 285 g/mol. The van der Waals surface area contributed by atoms with Crippen molar-refractivity contribution in [2.24, 2.45) is 0 Å². The SMILES string of the molecule is CCN(CCCl)C(=O)c1cc2c(s1)CCCCC2. The standard InChI is InChI=1S/C14H20ClNOS/c1-2-16(9-8-15)14(17)13-10-11-6-4-3-5-7-12(11)18-13/h10H,2-9H2,1H3. The number of aryl methyl sites for hydroxylation is 2. The Bertz CT molecular complexity index is 392. The van der Waals surface area contributed by atoms with Crippen LogP contribution in [0.15, 0.2) is 6.07 Å². The van der Waals surface area contributed by atoms with E-state index in [-0.39, 0.29) is 5.91 Å². The molecule has 0 saturated heterocycles. The van der Waals surface area contributed by atoms with Crippen LogP contribution in [-0.2, 0) is 12.8 Å². The summed E-state index contributed by atoms with van der Waals surface area (Å²) in [6.45, 7) is 3.37. The predicted octanol–water partition coefficient (Wildman–Crippen LogP) is 3.72. The second-order valence-corrected chi connectivity index (χ2v) is 6.21. The molecule has 0 atom stereocenters. The van der Waals surface area contributed by atoms with Crippen molar-refractivity contribution in [3.05, 3.63) is 21.4 Å². The molecule has 1 aliphatic carbocycles. The molecule has 1 aromatic rings. The summed E-state index contributed by atoms with van der Waals surface area (Å²) in [6.07, 6.45) is 6.13. The Morgan fingerprint density at radius 3 is 2.89 bits per heavy atom. The predicted molar refractivity (Wildman–Crippen MR) is 77.9 cm³/mol. The minimum Gasteiger partial charge on any atom is -0.337 e. The number of hydrogen-bond acceptors (Lipinski definition) is 2. The van der Waals surface area contributed by atoms with E-state index >= 15 is 0 Å². The number of fused-ring (bicyclic) bond motifs is 1. The molecule has 1 aromatic heterocycles. The lowest BCUT2D eigenvalue weighted by Crippen LogP contribution is -2.31. The lowest BCUT2D eigenvalue weighted by atomic mass is 10.1. The van der Waals surface area contributed by atoms with Crippen molar-refractivity contribution in [2.45, 2.75) is 39.0 Å². The van der Waals surface area contributed by atoms with Crippen LogP contribution in [0, 0.1) is 0 Å². The summed E-state index contributed by atoms with van der Waals surface area (Å²) in [6, 6.07) is 2.12. The van der Waals surface area contributed by atoms with Gasteiger partial charge in [-0.2, -0.15) is 0 Å². The van der Waals surface area contributed by atoms with Gasteiger partial charge in [0.05, 0.1) is 4.88 Å². The number of thiophene rings is 1. The van der Waals surface area contributed by atoms with Gasteiger partial charge in [0.15, 0.2) is 0 Å². The lowest BCUT2D eigenvalue weighted by molar-refractivity contribution is 0.0779. The molecule has 100 valence electrons. The minimum absolute atomic E-state index is 0.149. The average Bonchev–Trinajstić information content (AvgIpc) is 2.66. The van der Waals surface area contributed by atoms with Crippen molar-refractivity contribution in [3.8, 4) is 0 Å². The number of rotatable bonds is 4. The first kappa shape index (κ1) is 13.9. The number of nitrogens with zero attached hydrogens (tertiary/aromatic N) is 1. The van der Waals surface area contributed by atoms with Crippen LogP contribution < -0.4 is 0 Å². The molecule has 2 rings (SSSR count). The second-order valence-electron chi connectivity index (χ2n) is 4.69. The van der Waals surface area contributed by atoms with Crippen LogP contribution in [0.25, 0.3) is 0 Å². The number of halogens is 1. The Balaban J connectivity index is 2.15. The summed E-state index contributed by atoms with van der Waals surface area (Å²) >= 11 is 7.43. The smallest absolute Gasteiger partial charge is 0.263 e. The highest BCUT2D eigenvalue weighted by atomic mass is 35.5. The van der Waals surface area contributed by atoms with E-state index in [0.717, 1.165) is 24.3 Å². The maximum atomic E-state index is 12.3. The van der Waals surface area contributed by atoms with Gasteiger partial charge in [0.1, 0.15) is 0 Å². The van der Waals surface area contributed by atoms with Crippen molar-refractivity contribution in [2.75, 3.05) is 19.0 Å². The number of hydrogen-bond donors (Lipinski definition) is 0. The highest BCUT2D eigenvalue weighted by Gasteiger charge is 2.19. The molecule has 2 nitrogen and oxygen atoms in total. The van der Waals surface area contributed by atoms with Gasteiger partial charge in [-0.3, -0.25) is 4.79 Å². The molecule has 0 fully saturated rings. The fourth-order valence-electron chi connectivity index (χ4n) is 2.43. The van der Waals surface area contributed by atoms with E-state index in [1.54, 1.807) is 11.3 Å². The fourth-order valence-corrected chi connectivity index (χ4v) is 3.86. The third-order valence-corrected chi connectivity index (χ3v) is 4.87. The van der Waals surface area contributed by atoms with Gasteiger partial charge in [-0.25, -0.2) is 0 Å². The minimum atomic E-state index is 0.149. The first-order valence-corrected chi connectivity index (χ1v) is 8.08. The Morgan fingerprint density at radius 1 is 1.39 bits per heavy atom. The van der Waals surface area contributed by atoms with Crippen LogP contribution in [0.1, 0.15) is 46.3 Å². The van der Waals surface area contributed by atoms with E-state index in [0.29, 0.717) is 12.4 Å². The molecule has 0 unspecified atom stereocenters. The summed E-state index contributed by atoms with van der Waals surface area (Å²) in [7, 11) is 0. The van der Waals surface area contributed by atoms with Crippen LogP contribution in [0.4, 0.5) is 0 Å². The zero-order valence-electron chi connectivity index (χ0n) is 10.9. The Labute approximate surface area is 118 Å². The van der Waals surface area contributed by atoms with Gasteiger partial charge in [-0.15, -0.1) is 22.9 Å². The largest absolute Gasteiger partial charge is 0.337 e. The van der Waals surface area contributed by atoms with Crippen LogP contribution in [0.5, 0.6) is 0 Å². The molecule has 4 heteroatoms. The third kappa shape index (κ3) is 3.07. The normalized spacial score (nSPS) is 15.0. The number of carbonyl (C=O) groups is 1. The van der Waals surface area contributed by atoms with Crippen molar-refractivity contribution in [1.29, 1.82) is 0 Å². The Kier molecular flexibility index (Phi) is 5.07. The lowest BCUT2D eigenvalue weighted by Gasteiger charge is -2.18. The van der Waals surface area contributed by atoms with Gasteiger partial charge in [-0.1, -0.05) is 6.42 Å². The van der Waals surface area contributed by atoms with Gasteiger partial charge in [-0.05, 0) is 44.2 Å². The van der Waals surface area contributed by atoms with Gasteiger partial charge < -0.3 is 4.90 Å². The molecular weight excluding hydrogens is 266 g/mol. The van der Waals surface area contributed by atoms with E-state index in [4.69, 9.17) is 11.6 Å². The zero-order valence-corrected chi connectivity index (χ0v) is 12.4. The van der Waals surface area contributed by atoms with Crippen LogP contribution in [0.2, 0.25) is 0 Å². The topological polar surface area (TPSA) is 20.3 Å². The molecule has 1 heterocycles. The maximum Gasteiger partial charge on any atom is 0.263 e. The molecule has 18 heavy (non-hydrogen) atoms. The van der Waals surface area contributed by atoms with E-state index in [1.807, 2.05) is 11.8 Å². The Hall–Kier alpha value is -0.540.